The highest BCUT2D eigenvalue weighted by atomic mass is 16.5. The molecule has 0 aromatic heterocycles. The van der Waals surface area contributed by atoms with Gasteiger partial charge in [0.25, 0.3) is 0 Å². The number of rotatable bonds is 4. The molecule has 1 fully saturated rings. The lowest BCUT2D eigenvalue weighted by Gasteiger charge is -2.32. The quantitative estimate of drug-likeness (QED) is 0.857. The fourth-order valence-corrected chi connectivity index (χ4v) is 2.17. The van der Waals surface area contributed by atoms with Gasteiger partial charge in [0.15, 0.2) is 0 Å². The summed E-state index contributed by atoms with van der Waals surface area (Å²) in [5, 5.41) is 9.09. The predicted octanol–water partition coefficient (Wildman–Crippen LogP) is 1.44. The van der Waals surface area contributed by atoms with Crippen molar-refractivity contribution in [3.8, 4) is 0 Å². The van der Waals surface area contributed by atoms with Gasteiger partial charge in [-0.05, 0) is 17.5 Å². The number of nitrogens with zero attached hydrogens (tertiary/aromatic N) is 1. The van der Waals surface area contributed by atoms with Gasteiger partial charge in [-0.2, -0.15) is 0 Å². The maximum atomic E-state index is 9.09. The summed E-state index contributed by atoms with van der Waals surface area (Å²) in [7, 11) is 0. The first-order valence-corrected chi connectivity index (χ1v) is 6.34. The Labute approximate surface area is 103 Å². The molecule has 3 heteroatoms. The molecule has 0 spiro atoms. The van der Waals surface area contributed by atoms with Crippen molar-refractivity contribution in [2.24, 2.45) is 0 Å². The molecule has 3 nitrogen and oxygen atoms in total. The van der Waals surface area contributed by atoms with Gasteiger partial charge in [0.2, 0.25) is 0 Å². The van der Waals surface area contributed by atoms with Crippen LogP contribution in [0, 0.1) is 0 Å². The molecule has 1 atom stereocenters. The minimum Gasteiger partial charge on any atom is -0.394 e. The molecule has 0 bridgehead atoms. The standard InChI is InChI=1S/C14H21NO2/c1-2-12-3-5-13(6-4-12)9-15-7-8-17-14(10-15)11-16/h3-6,14,16H,2,7-11H2,1H3. The normalized spacial score (nSPS) is 21.6. The number of aliphatic hydroxyl groups is 1. The Kier molecular flexibility index (Phi) is 4.54. The molecule has 1 aromatic carbocycles. The fourth-order valence-electron chi connectivity index (χ4n) is 2.17. The van der Waals surface area contributed by atoms with Gasteiger partial charge in [-0.25, -0.2) is 0 Å². The van der Waals surface area contributed by atoms with Gasteiger partial charge in [-0.3, -0.25) is 4.90 Å². The molecular weight excluding hydrogens is 214 g/mol. The molecule has 0 radical (unpaired) electrons. The van der Waals surface area contributed by atoms with E-state index in [4.69, 9.17) is 9.84 Å². The van der Waals surface area contributed by atoms with E-state index in [2.05, 4.69) is 36.1 Å². The van der Waals surface area contributed by atoms with Crippen LogP contribution >= 0.6 is 0 Å². The van der Waals surface area contributed by atoms with Gasteiger partial charge in [-0.15, -0.1) is 0 Å². The molecule has 94 valence electrons. The van der Waals surface area contributed by atoms with E-state index in [0.717, 1.165) is 32.7 Å². The van der Waals surface area contributed by atoms with Gasteiger partial charge in [0, 0.05) is 19.6 Å². The van der Waals surface area contributed by atoms with Crippen molar-refractivity contribution in [3.63, 3.8) is 0 Å². The Bertz CT molecular complexity index is 337. The maximum Gasteiger partial charge on any atom is 0.0933 e. The lowest BCUT2D eigenvalue weighted by molar-refractivity contribution is -0.0551. The highest BCUT2D eigenvalue weighted by molar-refractivity contribution is 5.22. The Morgan fingerprint density at radius 1 is 1.29 bits per heavy atom. The molecule has 0 aliphatic carbocycles. The number of aliphatic hydroxyl groups excluding tert-OH is 1. The summed E-state index contributed by atoms with van der Waals surface area (Å²) >= 11 is 0. The number of ether oxygens (including phenoxy) is 1. The zero-order valence-electron chi connectivity index (χ0n) is 10.4. The van der Waals surface area contributed by atoms with Crippen molar-refractivity contribution in [2.75, 3.05) is 26.3 Å². The van der Waals surface area contributed by atoms with E-state index in [1.54, 1.807) is 0 Å². The molecule has 2 rings (SSSR count). The first-order valence-electron chi connectivity index (χ1n) is 6.34. The van der Waals surface area contributed by atoms with E-state index in [9.17, 15) is 0 Å². The van der Waals surface area contributed by atoms with Gasteiger partial charge < -0.3 is 9.84 Å². The summed E-state index contributed by atoms with van der Waals surface area (Å²) in [5.74, 6) is 0. The average Bonchev–Trinajstić information content (AvgIpc) is 2.40. The minimum absolute atomic E-state index is 0.0151. The minimum atomic E-state index is -0.0151. The lowest BCUT2D eigenvalue weighted by Crippen LogP contribution is -2.43. The van der Waals surface area contributed by atoms with Crippen molar-refractivity contribution in [3.05, 3.63) is 35.4 Å². The van der Waals surface area contributed by atoms with E-state index >= 15 is 0 Å². The molecule has 1 aliphatic heterocycles. The Morgan fingerprint density at radius 3 is 2.65 bits per heavy atom. The molecule has 1 aliphatic rings. The van der Waals surface area contributed by atoms with Crippen LogP contribution in [0.25, 0.3) is 0 Å². The van der Waals surface area contributed by atoms with Crippen LogP contribution in [0.1, 0.15) is 18.1 Å². The van der Waals surface area contributed by atoms with Crippen LogP contribution in [-0.2, 0) is 17.7 Å². The highest BCUT2D eigenvalue weighted by Crippen LogP contribution is 2.11. The van der Waals surface area contributed by atoms with Crippen LogP contribution in [0.15, 0.2) is 24.3 Å². The van der Waals surface area contributed by atoms with Crippen molar-refractivity contribution >= 4 is 0 Å². The summed E-state index contributed by atoms with van der Waals surface area (Å²) in [6, 6.07) is 8.78. The number of morpholine rings is 1. The summed E-state index contributed by atoms with van der Waals surface area (Å²) < 4.78 is 5.44. The van der Waals surface area contributed by atoms with Crippen LogP contribution in [-0.4, -0.2) is 42.4 Å². The topological polar surface area (TPSA) is 32.7 Å². The summed E-state index contributed by atoms with van der Waals surface area (Å²) in [5.41, 5.74) is 2.71. The van der Waals surface area contributed by atoms with E-state index in [1.165, 1.54) is 11.1 Å². The van der Waals surface area contributed by atoms with Gasteiger partial charge in [0.05, 0.1) is 19.3 Å². The smallest absolute Gasteiger partial charge is 0.0933 e. The zero-order valence-corrected chi connectivity index (χ0v) is 10.4. The number of benzene rings is 1. The van der Waals surface area contributed by atoms with Crippen molar-refractivity contribution in [1.82, 2.24) is 4.90 Å². The van der Waals surface area contributed by atoms with Gasteiger partial charge >= 0.3 is 0 Å². The first-order chi connectivity index (χ1) is 8.31. The van der Waals surface area contributed by atoms with Crippen molar-refractivity contribution in [1.29, 1.82) is 0 Å². The Balaban J connectivity index is 1.90. The Morgan fingerprint density at radius 2 is 2.00 bits per heavy atom. The summed E-state index contributed by atoms with van der Waals surface area (Å²) in [4.78, 5) is 2.34. The number of aryl methyl sites for hydroxylation is 1. The van der Waals surface area contributed by atoms with E-state index in [-0.39, 0.29) is 12.7 Å². The van der Waals surface area contributed by atoms with E-state index in [0.29, 0.717) is 0 Å². The van der Waals surface area contributed by atoms with Crippen molar-refractivity contribution in [2.45, 2.75) is 26.0 Å². The maximum absolute atomic E-state index is 9.09. The fraction of sp³-hybridized carbons (Fsp3) is 0.571. The molecule has 0 saturated carbocycles. The third-order valence-corrected chi connectivity index (χ3v) is 3.26. The van der Waals surface area contributed by atoms with Crippen LogP contribution in [0.2, 0.25) is 0 Å². The van der Waals surface area contributed by atoms with Gasteiger partial charge in [0.1, 0.15) is 0 Å². The number of hydrogen-bond acceptors (Lipinski definition) is 3. The molecule has 1 N–H and O–H groups in total. The molecule has 1 heterocycles. The molecular formula is C14H21NO2. The molecule has 1 aromatic rings. The summed E-state index contributed by atoms with van der Waals surface area (Å²) in [6.07, 6.45) is 1.07. The second kappa shape index (κ2) is 6.15. The SMILES string of the molecule is CCc1ccc(CN2CCOC(CO)C2)cc1. The monoisotopic (exact) mass is 235 g/mol. The second-order valence-electron chi connectivity index (χ2n) is 4.58. The van der Waals surface area contributed by atoms with E-state index in [1.807, 2.05) is 0 Å². The zero-order chi connectivity index (χ0) is 12.1. The van der Waals surface area contributed by atoms with Crippen LogP contribution in [0.5, 0.6) is 0 Å². The van der Waals surface area contributed by atoms with Crippen LogP contribution < -0.4 is 0 Å². The third-order valence-electron chi connectivity index (χ3n) is 3.26. The first kappa shape index (κ1) is 12.6. The molecule has 0 amide bonds. The van der Waals surface area contributed by atoms with Crippen molar-refractivity contribution < 1.29 is 9.84 Å². The number of hydrogen-bond donors (Lipinski definition) is 1. The van der Waals surface area contributed by atoms with Crippen LogP contribution in [0.3, 0.4) is 0 Å². The largest absolute Gasteiger partial charge is 0.394 e. The highest BCUT2D eigenvalue weighted by Gasteiger charge is 2.19. The molecule has 17 heavy (non-hydrogen) atoms. The predicted molar refractivity (Wildman–Crippen MR) is 67.9 cm³/mol. The third kappa shape index (κ3) is 3.53. The van der Waals surface area contributed by atoms with E-state index < -0.39 is 0 Å². The summed E-state index contributed by atoms with van der Waals surface area (Å²) in [6.45, 7) is 5.73. The van der Waals surface area contributed by atoms with Gasteiger partial charge in [-0.1, -0.05) is 31.2 Å². The molecule has 1 unspecified atom stereocenters. The average molecular weight is 235 g/mol. The lowest BCUT2D eigenvalue weighted by atomic mass is 10.1. The van der Waals surface area contributed by atoms with Crippen LogP contribution in [0.4, 0.5) is 0 Å². The molecule has 1 saturated heterocycles. The second-order valence-corrected chi connectivity index (χ2v) is 4.58. The Hall–Kier alpha value is -0.900.